The maximum Gasteiger partial charge on any atom is 0.296 e. The number of nitro groups is 1. The first-order valence-corrected chi connectivity index (χ1v) is 6.34. The molecule has 1 saturated carbocycles. The van der Waals surface area contributed by atoms with E-state index in [0.717, 1.165) is 19.3 Å². The van der Waals surface area contributed by atoms with Gasteiger partial charge in [-0.2, -0.15) is 0 Å². The highest BCUT2D eigenvalue weighted by atomic mass is 16.6. The van der Waals surface area contributed by atoms with Crippen molar-refractivity contribution in [1.29, 1.82) is 0 Å². The van der Waals surface area contributed by atoms with Gasteiger partial charge < -0.3 is 10.1 Å². The first-order chi connectivity index (χ1) is 9.11. The number of nitrogens with zero attached hydrogens (tertiary/aromatic N) is 1. The van der Waals surface area contributed by atoms with Gasteiger partial charge in [-0.25, -0.2) is 0 Å². The molecule has 1 N–H and O–H groups in total. The smallest absolute Gasteiger partial charge is 0.296 e. The summed E-state index contributed by atoms with van der Waals surface area (Å²) in [4.78, 5) is 22.1. The average molecular weight is 264 g/mol. The monoisotopic (exact) mass is 264 g/mol. The molecule has 0 aliphatic heterocycles. The average Bonchev–Trinajstić information content (AvgIpc) is 3.21. The Morgan fingerprint density at radius 2 is 2.26 bits per heavy atom. The highest BCUT2D eigenvalue weighted by Crippen LogP contribution is 2.33. The first-order valence-electron chi connectivity index (χ1n) is 6.34. The van der Waals surface area contributed by atoms with E-state index in [2.05, 4.69) is 5.32 Å². The van der Waals surface area contributed by atoms with Crippen LogP contribution in [0.2, 0.25) is 0 Å². The van der Waals surface area contributed by atoms with Crippen LogP contribution in [0.4, 0.5) is 11.4 Å². The summed E-state index contributed by atoms with van der Waals surface area (Å²) in [7, 11) is 0. The van der Waals surface area contributed by atoms with Gasteiger partial charge in [0.2, 0.25) is 5.91 Å². The fraction of sp³-hybridized carbons (Fsp3) is 0.462. The summed E-state index contributed by atoms with van der Waals surface area (Å²) >= 11 is 0. The fourth-order valence-corrected chi connectivity index (χ4v) is 1.66. The summed E-state index contributed by atoms with van der Waals surface area (Å²) in [6.07, 6.45) is 2.54. The van der Waals surface area contributed by atoms with Crippen LogP contribution in [0, 0.1) is 16.0 Å². The number of carbonyl (C=O) groups excluding carboxylic acids is 1. The fourth-order valence-electron chi connectivity index (χ4n) is 1.66. The highest BCUT2D eigenvalue weighted by molar-refractivity contribution is 5.96. The maximum absolute atomic E-state index is 11.6. The van der Waals surface area contributed by atoms with Gasteiger partial charge in [-0.05, 0) is 31.4 Å². The second-order valence-electron chi connectivity index (χ2n) is 4.55. The number of carbonyl (C=O) groups is 1. The largest absolute Gasteiger partial charge is 0.493 e. The Labute approximate surface area is 110 Å². The van der Waals surface area contributed by atoms with Crippen LogP contribution in [0.25, 0.3) is 0 Å². The van der Waals surface area contributed by atoms with Gasteiger partial charge in [0.1, 0.15) is 11.4 Å². The SMILES string of the molecule is CCCOc1ccc(NC(=O)C2CC2)c([N+](=O)[O-])c1. The second kappa shape index (κ2) is 5.69. The number of nitrogens with one attached hydrogen (secondary N) is 1. The summed E-state index contributed by atoms with van der Waals surface area (Å²) in [6, 6.07) is 4.49. The Hall–Kier alpha value is -2.11. The van der Waals surface area contributed by atoms with Gasteiger partial charge in [0.25, 0.3) is 5.69 Å². The Morgan fingerprint density at radius 1 is 1.53 bits per heavy atom. The topological polar surface area (TPSA) is 81.5 Å². The molecule has 19 heavy (non-hydrogen) atoms. The molecule has 1 amide bonds. The zero-order valence-electron chi connectivity index (χ0n) is 10.7. The minimum atomic E-state index is -0.513. The van der Waals surface area contributed by atoms with Gasteiger partial charge in [-0.1, -0.05) is 6.92 Å². The minimum absolute atomic E-state index is 0.00984. The molecule has 0 spiro atoms. The van der Waals surface area contributed by atoms with E-state index in [1.54, 1.807) is 6.07 Å². The van der Waals surface area contributed by atoms with Crippen molar-refractivity contribution in [2.45, 2.75) is 26.2 Å². The van der Waals surface area contributed by atoms with Crippen LogP contribution in [-0.2, 0) is 4.79 Å². The minimum Gasteiger partial charge on any atom is -0.493 e. The Bertz CT molecular complexity index is 497. The molecule has 0 radical (unpaired) electrons. The van der Waals surface area contributed by atoms with E-state index in [0.29, 0.717) is 12.4 Å². The highest BCUT2D eigenvalue weighted by Gasteiger charge is 2.31. The first kappa shape index (κ1) is 13.3. The molecule has 1 aromatic carbocycles. The molecule has 0 saturated heterocycles. The summed E-state index contributed by atoms with van der Waals surface area (Å²) in [5.41, 5.74) is 0.0911. The molecule has 102 valence electrons. The van der Waals surface area contributed by atoms with Crippen molar-refractivity contribution in [2.24, 2.45) is 5.92 Å². The Kier molecular flexibility index (Phi) is 3.99. The van der Waals surface area contributed by atoms with Gasteiger partial charge in [0, 0.05) is 5.92 Å². The van der Waals surface area contributed by atoms with Crippen molar-refractivity contribution in [3.05, 3.63) is 28.3 Å². The van der Waals surface area contributed by atoms with Crippen molar-refractivity contribution in [2.75, 3.05) is 11.9 Å². The van der Waals surface area contributed by atoms with Crippen LogP contribution < -0.4 is 10.1 Å². The number of hydrogen-bond donors (Lipinski definition) is 1. The number of rotatable bonds is 6. The molecule has 0 atom stereocenters. The summed E-state index contributed by atoms with van der Waals surface area (Å²) in [6.45, 7) is 2.46. The molecule has 1 aliphatic carbocycles. The van der Waals surface area contributed by atoms with E-state index < -0.39 is 4.92 Å². The Balaban J connectivity index is 2.16. The third-order valence-electron chi connectivity index (χ3n) is 2.84. The van der Waals surface area contributed by atoms with Gasteiger partial charge in [-0.15, -0.1) is 0 Å². The molecule has 0 unspecified atom stereocenters. The molecule has 0 aromatic heterocycles. The van der Waals surface area contributed by atoms with Gasteiger partial charge in [0.05, 0.1) is 17.6 Å². The lowest BCUT2D eigenvalue weighted by atomic mass is 10.2. The van der Waals surface area contributed by atoms with Crippen LogP contribution in [-0.4, -0.2) is 17.4 Å². The number of amides is 1. The zero-order valence-corrected chi connectivity index (χ0v) is 10.7. The molecule has 0 heterocycles. The lowest BCUT2D eigenvalue weighted by molar-refractivity contribution is -0.384. The maximum atomic E-state index is 11.6. The predicted molar refractivity (Wildman–Crippen MR) is 70.2 cm³/mol. The van der Waals surface area contributed by atoms with Crippen molar-refractivity contribution in [3.63, 3.8) is 0 Å². The molecule has 6 heteroatoms. The number of anilines is 1. The van der Waals surface area contributed by atoms with Crippen molar-refractivity contribution >= 4 is 17.3 Å². The van der Waals surface area contributed by atoms with Crippen molar-refractivity contribution < 1.29 is 14.5 Å². The van der Waals surface area contributed by atoms with E-state index in [1.165, 1.54) is 12.1 Å². The summed E-state index contributed by atoms with van der Waals surface area (Å²) in [5.74, 6) is 0.305. The summed E-state index contributed by atoms with van der Waals surface area (Å²) in [5, 5.41) is 13.6. The lowest BCUT2D eigenvalue weighted by Crippen LogP contribution is -2.14. The quantitative estimate of drug-likeness (QED) is 0.632. The molecule has 1 aromatic rings. The zero-order chi connectivity index (χ0) is 13.8. The van der Waals surface area contributed by atoms with E-state index in [-0.39, 0.29) is 23.2 Å². The van der Waals surface area contributed by atoms with E-state index >= 15 is 0 Å². The van der Waals surface area contributed by atoms with Crippen molar-refractivity contribution in [3.8, 4) is 5.75 Å². The molecule has 1 fully saturated rings. The number of ether oxygens (including phenoxy) is 1. The van der Waals surface area contributed by atoms with Crippen LogP contribution in [0.1, 0.15) is 26.2 Å². The molecule has 2 rings (SSSR count). The molecule has 1 aliphatic rings. The van der Waals surface area contributed by atoms with Crippen LogP contribution in [0.3, 0.4) is 0 Å². The van der Waals surface area contributed by atoms with Crippen LogP contribution in [0.15, 0.2) is 18.2 Å². The third kappa shape index (κ3) is 3.43. The number of benzene rings is 1. The van der Waals surface area contributed by atoms with E-state index in [4.69, 9.17) is 4.74 Å². The van der Waals surface area contributed by atoms with E-state index in [1.807, 2.05) is 6.92 Å². The molecule has 0 bridgehead atoms. The lowest BCUT2D eigenvalue weighted by Gasteiger charge is -2.08. The Morgan fingerprint density at radius 3 is 2.84 bits per heavy atom. The normalized spacial score (nSPS) is 13.9. The number of nitro benzene ring substituents is 1. The molecular formula is C13H16N2O4. The summed E-state index contributed by atoms with van der Waals surface area (Å²) < 4.78 is 5.35. The second-order valence-corrected chi connectivity index (χ2v) is 4.55. The standard InChI is InChI=1S/C13H16N2O4/c1-2-7-19-10-5-6-11(12(8-10)15(17)18)14-13(16)9-3-4-9/h5-6,8-9H,2-4,7H2,1H3,(H,14,16). The third-order valence-corrected chi connectivity index (χ3v) is 2.84. The van der Waals surface area contributed by atoms with Gasteiger partial charge in [-0.3, -0.25) is 14.9 Å². The van der Waals surface area contributed by atoms with E-state index in [9.17, 15) is 14.9 Å². The van der Waals surface area contributed by atoms with Crippen molar-refractivity contribution in [1.82, 2.24) is 0 Å². The molecule has 6 nitrogen and oxygen atoms in total. The number of hydrogen-bond acceptors (Lipinski definition) is 4. The van der Waals surface area contributed by atoms with Crippen LogP contribution in [0.5, 0.6) is 5.75 Å². The molecular weight excluding hydrogens is 248 g/mol. The van der Waals surface area contributed by atoms with Crippen LogP contribution >= 0.6 is 0 Å². The van der Waals surface area contributed by atoms with Gasteiger partial charge in [0.15, 0.2) is 0 Å². The van der Waals surface area contributed by atoms with Gasteiger partial charge >= 0.3 is 0 Å². The predicted octanol–water partition coefficient (Wildman–Crippen LogP) is 2.73.